The van der Waals surface area contributed by atoms with E-state index in [1.54, 1.807) is 13.8 Å². The number of carbonyl (C=O) groups excluding carboxylic acids is 2. The van der Waals surface area contributed by atoms with E-state index < -0.39 is 34.9 Å². The van der Waals surface area contributed by atoms with Crippen LogP contribution in [0.2, 0.25) is 0 Å². The summed E-state index contributed by atoms with van der Waals surface area (Å²) in [5.41, 5.74) is -1.60. The van der Waals surface area contributed by atoms with E-state index in [1.807, 2.05) is 0 Å². The number of ether oxygens (including phenoxy) is 2. The number of methoxy groups -OCH3 is 1. The van der Waals surface area contributed by atoms with Crippen molar-refractivity contribution in [1.82, 2.24) is 4.98 Å². The number of alkyl halides is 2. The van der Waals surface area contributed by atoms with Crippen molar-refractivity contribution in [1.29, 1.82) is 0 Å². The number of aliphatic hydroxyl groups is 1. The fourth-order valence-electron chi connectivity index (χ4n) is 2.69. The maximum Gasteiger partial charge on any atom is 0.280 e. The van der Waals surface area contributed by atoms with Gasteiger partial charge in [-0.1, -0.05) is 13.8 Å². The van der Waals surface area contributed by atoms with E-state index in [-0.39, 0.29) is 36.7 Å². The van der Waals surface area contributed by atoms with Gasteiger partial charge in [0.25, 0.3) is 6.43 Å². The second-order valence-electron chi connectivity index (χ2n) is 6.65. The smallest absolute Gasteiger partial charge is 0.280 e. The molecule has 8 heteroatoms. The van der Waals surface area contributed by atoms with E-state index in [2.05, 4.69) is 4.98 Å². The highest BCUT2D eigenvalue weighted by Crippen LogP contribution is 2.36. The minimum atomic E-state index is -2.81. The Balaban J connectivity index is 2.53. The van der Waals surface area contributed by atoms with Gasteiger partial charge in [-0.05, 0) is 18.6 Å². The topological polar surface area (TPSA) is 85.7 Å². The second-order valence-corrected chi connectivity index (χ2v) is 6.65. The van der Waals surface area contributed by atoms with Gasteiger partial charge in [0.1, 0.15) is 23.8 Å². The number of carbonyl (C=O) groups is 2. The molecule has 2 rings (SSSR count). The van der Waals surface area contributed by atoms with E-state index in [4.69, 9.17) is 9.47 Å². The number of allylic oxidation sites excluding steroid dienone is 1. The predicted octanol–water partition coefficient (Wildman–Crippen LogP) is 3.37. The third-order valence-electron chi connectivity index (χ3n) is 4.25. The van der Waals surface area contributed by atoms with Gasteiger partial charge in [-0.2, -0.15) is 0 Å². The van der Waals surface area contributed by atoms with Crippen molar-refractivity contribution in [3.8, 4) is 0 Å². The molecule has 1 saturated carbocycles. The largest absolute Gasteiger partial charge is 0.506 e. The lowest BCUT2D eigenvalue weighted by Gasteiger charge is -2.29. The Kier molecular flexibility index (Phi) is 6.20. The summed E-state index contributed by atoms with van der Waals surface area (Å²) < 4.78 is 35.8. The summed E-state index contributed by atoms with van der Waals surface area (Å²) in [5, 5.41) is 10.6. The van der Waals surface area contributed by atoms with E-state index in [9.17, 15) is 23.5 Å². The summed E-state index contributed by atoms with van der Waals surface area (Å²) in [5.74, 6) is -1.52. The van der Waals surface area contributed by atoms with E-state index in [0.717, 1.165) is 6.07 Å². The van der Waals surface area contributed by atoms with Gasteiger partial charge in [0.2, 0.25) is 0 Å². The molecule has 0 amide bonds. The van der Waals surface area contributed by atoms with E-state index >= 15 is 0 Å². The molecule has 6 nitrogen and oxygen atoms in total. The van der Waals surface area contributed by atoms with Crippen LogP contribution in [0, 0.1) is 5.41 Å². The second kappa shape index (κ2) is 8.01. The Hall–Kier alpha value is -2.19. The third kappa shape index (κ3) is 4.13. The molecule has 142 valence electrons. The molecule has 0 radical (unpaired) electrons. The molecule has 0 bridgehead atoms. The van der Waals surface area contributed by atoms with Crippen molar-refractivity contribution >= 4 is 17.3 Å². The lowest BCUT2D eigenvalue weighted by atomic mass is 9.72. The van der Waals surface area contributed by atoms with Gasteiger partial charge in [-0.3, -0.25) is 9.59 Å². The zero-order chi connectivity index (χ0) is 19.5. The Morgan fingerprint density at radius 2 is 2.04 bits per heavy atom. The predicted molar refractivity (Wildman–Crippen MR) is 88.4 cm³/mol. The van der Waals surface area contributed by atoms with Gasteiger partial charge in [0, 0.05) is 24.5 Å². The molecule has 1 aliphatic rings. The molecular weight excluding hydrogens is 348 g/mol. The van der Waals surface area contributed by atoms with Crippen LogP contribution >= 0.6 is 0 Å². The number of Topliss-reactive ketones (excluding diaryl/α,β-unsaturated/α-hetero) is 2. The zero-order valence-corrected chi connectivity index (χ0v) is 14.8. The number of hydrogen-bond donors (Lipinski definition) is 1. The van der Waals surface area contributed by atoms with E-state index in [1.165, 1.54) is 13.2 Å². The molecular formula is C18H21F2NO5. The third-order valence-corrected chi connectivity index (χ3v) is 4.25. The summed E-state index contributed by atoms with van der Waals surface area (Å²) in [6.07, 6.45) is -2.30. The lowest BCUT2D eigenvalue weighted by Crippen LogP contribution is -2.35. The average Bonchev–Trinajstić information content (AvgIpc) is 2.59. The number of hydrogen-bond acceptors (Lipinski definition) is 6. The molecule has 0 saturated heterocycles. The van der Waals surface area contributed by atoms with Crippen LogP contribution in [0.3, 0.4) is 0 Å². The molecule has 26 heavy (non-hydrogen) atoms. The number of nitrogens with zero attached hydrogens (tertiary/aromatic N) is 1. The maximum absolute atomic E-state index is 12.9. The fraction of sp³-hybridized carbons (Fsp3) is 0.500. The van der Waals surface area contributed by atoms with Crippen molar-refractivity contribution in [2.45, 2.75) is 39.7 Å². The van der Waals surface area contributed by atoms with Crippen molar-refractivity contribution in [3.05, 3.63) is 34.7 Å². The SMILES string of the molecule is COCOCc1nc(C(F)F)ccc1C(O)=C1C(=O)CCC(C)(C)C1=O. The summed E-state index contributed by atoms with van der Waals surface area (Å²) in [7, 11) is 1.39. The van der Waals surface area contributed by atoms with Gasteiger partial charge < -0.3 is 14.6 Å². The van der Waals surface area contributed by atoms with Crippen molar-refractivity contribution in [3.63, 3.8) is 0 Å². The first kappa shape index (κ1) is 20.1. The fourth-order valence-corrected chi connectivity index (χ4v) is 2.69. The molecule has 1 heterocycles. The molecule has 1 N–H and O–H groups in total. The van der Waals surface area contributed by atoms with Crippen LogP contribution < -0.4 is 0 Å². The van der Waals surface area contributed by atoms with Crippen LogP contribution in [0.25, 0.3) is 5.76 Å². The average molecular weight is 369 g/mol. The Labute approximate surface area is 149 Å². The van der Waals surface area contributed by atoms with Gasteiger partial charge in [0.15, 0.2) is 11.6 Å². The molecule has 1 aliphatic carbocycles. The summed E-state index contributed by atoms with van der Waals surface area (Å²) >= 11 is 0. The van der Waals surface area contributed by atoms with Crippen LogP contribution in [0.1, 0.15) is 50.1 Å². The highest BCUT2D eigenvalue weighted by molar-refractivity contribution is 6.27. The first-order chi connectivity index (χ1) is 12.2. The lowest BCUT2D eigenvalue weighted by molar-refractivity contribution is -0.130. The van der Waals surface area contributed by atoms with Crippen LogP contribution in [0.4, 0.5) is 8.78 Å². The molecule has 0 unspecified atom stereocenters. The minimum absolute atomic E-state index is 0.00571. The van der Waals surface area contributed by atoms with Crippen LogP contribution in [-0.2, 0) is 25.7 Å². The van der Waals surface area contributed by atoms with Crippen molar-refractivity contribution < 1.29 is 33.0 Å². The Morgan fingerprint density at radius 1 is 1.35 bits per heavy atom. The summed E-state index contributed by atoms with van der Waals surface area (Å²) in [6, 6.07) is 2.25. The van der Waals surface area contributed by atoms with Crippen molar-refractivity contribution in [2.75, 3.05) is 13.9 Å². The van der Waals surface area contributed by atoms with Gasteiger partial charge in [0.05, 0.1) is 12.3 Å². The van der Waals surface area contributed by atoms with Gasteiger partial charge >= 0.3 is 0 Å². The van der Waals surface area contributed by atoms with Crippen LogP contribution in [0.15, 0.2) is 17.7 Å². The Morgan fingerprint density at radius 3 is 2.65 bits per heavy atom. The molecule has 0 aromatic carbocycles. The van der Waals surface area contributed by atoms with Crippen LogP contribution in [0.5, 0.6) is 0 Å². The summed E-state index contributed by atoms with van der Waals surface area (Å²) in [4.78, 5) is 28.6. The standard InChI is InChI=1S/C18H21F2NO5/c1-18(2)7-6-13(22)14(16(18)24)15(23)10-4-5-11(17(19)20)21-12(10)8-26-9-25-3/h4-5,17,23H,6-9H2,1-3H3. The number of aliphatic hydroxyl groups excluding tert-OH is 1. The first-order valence-electron chi connectivity index (χ1n) is 8.05. The quantitative estimate of drug-likeness (QED) is 0.272. The van der Waals surface area contributed by atoms with E-state index in [0.29, 0.717) is 6.42 Å². The first-order valence-corrected chi connectivity index (χ1v) is 8.05. The normalized spacial score (nSPS) is 19.2. The van der Waals surface area contributed by atoms with Crippen molar-refractivity contribution in [2.24, 2.45) is 5.41 Å². The van der Waals surface area contributed by atoms with Gasteiger partial charge in [-0.15, -0.1) is 0 Å². The highest BCUT2D eigenvalue weighted by atomic mass is 19.3. The zero-order valence-electron chi connectivity index (χ0n) is 14.8. The van der Waals surface area contributed by atoms with Crippen LogP contribution in [-0.4, -0.2) is 35.6 Å². The number of halogens is 2. The molecule has 0 aliphatic heterocycles. The number of rotatable bonds is 6. The minimum Gasteiger partial charge on any atom is -0.506 e. The Bertz CT molecular complexity index is 743. The molecule has 0 atom stereocenters. The molecule has 0 spiro atoms. The summed E-state index contributed by atoms with van der Waals surface area (Å²) in [6.45, 7) is 3.04. The number of ketones is 2. The molecule has 1 aromatic heterocycles. The number of aromatic nitrogens is 1. The number of pyridine rings is 1. The van der Waals surface area contributed by atoms with Gasteiger partial charge in [-0.25, -0.2) is 13.8 Å². The maximum atomic E-state index is 12.9. The monoisotopic (exact) mass is 369 g/mol. The molecule has 1 aromatic rings. The highest BCUT2D eigenvalue weighted by Gasteiger charge is 2.40. The molecule has 1 fully saturated rings.